The Kier molecular flexibility index (Phi) is 5.71. The normalized spacial score (nSPS) is 20.2. The van der Waals surface area contributed by atoms with Crippen molar-refractivity contribution in [3.63, 3.8) is 0 Å². The van der Waals surface area contributed by atoms with Crippen molar-refractivity contribution in [2.45, 2.75) is 31.0 Å². The Morgan fingerprint density at radius 1 is 1.50 bits per heavy atom. The first kappa shape index (κ1) is 19.0. The van der Waals surface area contributed by atoms with Gasteiger partial charge in [0.05, 0.1) is 29.6 Å². The maximum Gasteiger partial charge on any atom is 0.231 e. The van der Waals surface area contributed by atoms with Crippen LogP contribution in [0.25, 0.3) is 0 Å². The van der Waals surface area contributed by atoms with E-state index >= 15 is 0 Å². The zero-order chi connectivity index (χ0) is 18.7. The van der Waals surface area contributed by atoms with Crippen molar-refractivity contribution in [1.82, 2.24) is 20.1 Å². The Balaban J connectivity index is 1.51. The molecule has 1 N–H and O–H groups in total. The molecule has 0 aromatic carbocycles. The molecule has 26 heavy (non-hydrogen) atoms. The first-order valence-corrected chi connectivity index (χ1v) is 11.2. The number of nitrogens with zero attached hydrogens (tertiary/aromatic N) is 3. The Morgan fingerprint density at radius 3 is 2.96 bits per heavy atom. The van der Waals surface area contributed by atoms with E-state index in [0.29, 0.717) is 23.8 Å². The molecule has 0 spiro atoms. The van der Waals surface area contributed by atoms with Gasteiger partial charge in [0.2, 0.25) is 5.91 Å². The van der Waals surface area contributed by atoms with Gasteiger partial charge >= 0.3 is 0 Å². The van der Waals surface area contributed by atoms with Crippen LogP contribution in [0.1, 0.15) is 31.0 Å². The van der Waals surface area contributed by atoms with Gasteiger partial charge < -0.3 is 14.3 Å². The number of carbonyl (C=O) groups excluding carboxylic acids is 1. The fraction of sp³-hybridized carbons (Fsp3) is 0.562. The van der Waals surface area contributed by atoms with Crippen molar-refractivity contribution in [3.05, 3.63) is 30.0 Å². The van der Waals surface area contributed by atoms with Crippen molar-refractivity contribution >= 4 is 27.5 Å². The van der Waals surface area contributed by atoms with Crippen LogP contribution in [-0.4, -0.2) is 46.3 Å². The molecule has 8 nitrogen and oxygen atoms in total. The van der Waals surface area contributed by atoms with E-state index in [4.69, 9.17) is 4.42 Å². The number of hydrogen-bond acceptors (Lipinski definition) is 7. The van der Waals surface area contributed by atoms with Crippen molar-refractivity contribution in [2.75, 3.05) is 17.3 Å². The molecule has 3 heterocycles. The maximum absolute atomic E-state index is 12.1. The van der Waals surface area contributed by atoms with E-state index in [9.17, 15) is 13.2 Å². The number of amides is 1. The number of nitrogens with one attached hydrogen (secondary N) is 1. The zero-order valence-electron chi connectivity index (χ0n) is 14.7. The second kappa shape index (κ2) is 7.83. The van der Waals surface area contributed by atoms with Crippen LogP contribution >= 0.6 is 11.8 Å². The summed E-state index contributed by atoms with van der Waals surface area (Å²) in [7, 11) is -1.06. The van der Waals surface area contributed by atoms with E-state index in [1.54, 1.807) is 12.3 Å². The molecule has 1 aliphatic heterocycles. The summed E-state index contributed by atoms with van der Waals surface area (Å²) in [5, 5.41) is 11.8. The van der Waals surface area contributed by atoms with Crippen molar-refractivity contribution in [3.8, 4) is 0 Å². The molecule has 0 aliphatic carbocycles. The average molecular weight is 399 g/mol. The highest BCUT2D eigenvalue weighted by Gasteiger charge is 2.29. The molecule has 2 aromatic rings. The molecule has 0 bridgehead atoms. The van der Waals surface area contributed by atoms with E-state index in [1.807, 2.05) is 24.6 Å². The zero-order valence-corrected chi connectivity index (χ0v) is 16.3. The minimum atomic E-state index is -2.90. The summed E-state index contributed by atoms with van der Waals surface area (Å²) in [6.07, 6.45) is 2.83. The van der Waals surface area contributed by atoms with Crippen LogP contribution in [0.15, 0.2) is 28.0 Å². The monoisotopic (exact) mass is 398 g/mol. The van der Waals surface area contributed by atoms with Gasteiger partial charge in [-0.05, 0) is 31.4 Å². The van der Waals surface area contributed by atoms with E-state index < -0.39 is 9.84 Å². The van der Waals surface area contributed by atoms with Gasteiger partial charge in [-0.25, -0.2) is 8.42 Å². The molecule has 0 radical (unpaired) electrons. The molecule has 1 saturated heterocycles. The fourth-order valence-corrected chi connectivity index (χ4v) is 5.56. The van der Waals surface area contributed by atoms with Crippen molar-refractivity contribution in [1.29, 1.82) is 0 Å². The molecule has 142 valence electrons. The first-order chi connectivity index (χ1) is 12.3. The summed E-state index contributed by atoms with van der Waals surface area (Å²) in [6, 6.07) is 3.40. The summed E-state index contributed by atoms with van der Waals surface area (Å²) in [6.45, 7) is 1.86. The molecule has 0 saturated carbocycles. The van der Waals surface area contributed by atoms with Crippen LogP contribution in [0.4, 0.5) is 0 Å². The van der Waals surface area contributed by atoms with Gasteiger partial charge in [0.1, 0.15) is 11.6 Å². The summed E-state index contributed by atoms with van der Waals surface area (Å²) < 4.78 is 30.2. The number of aromatic nitrogens is 3. The van der Waals surface area contributed by atoms with Gasteiger partial charge in [-0.15, -0.1) is 10.2 Å². The maximum atomic E-state index is 12.1. The van der Waals surface area contributed by atoms with Gasteiger partial charge in [-0.1, -0.05) is 11.8 Å². The molecular formula is C16H22N4O4S2. The highest BCUT2D eigenvalue weighted by Crippen LogP contribution is 2.23. The van der Waals surface area contributed by atoms with Crippen LogP contribution in [0, 0.1) is 5.92 Å². The minimum absolute atomic E-state index is 0.0956. The number of furan rings is 1. The highest BCUT2D eigenvalue weighted by molar-refractivity contribution is 7.99. The quantitative estimate of drug-likeness (QED) is 0.702. The van der Waals surface area contributed by atoms with Crippen LogP contribution in [0.2, 0.25) is 0 Å². The third kappa shape index (κ3) is 4.67. The Morgan fingerprint density at radius 2 is 2.31 bits per heavy atom. The Bertz CT molecular complexity index is 861. The molecular weight excluding hydrogens is 376 g/mol. The second-order valence-corrected chi connectivity index (χ2v) is 9.70. The molecule has 10 heteroatoms. The van der Waals surface area contributed by atoms with Crippen LogP contribution in [0.3, 0.4) is 0 Å². The predicted octanol–water partition coefficient (Wildman–Crippen LogP) is 1.35. The smallest absolute Gasteiger partial charge is 0.231 e. The molecule has 2 atom stereocenters. The Hall–Kier alpha value is -1.81. The van der Waals surface area contributed by atoms with Gasteiger partial charge in [-0.3, -0.25) is 4.79 Å². The van der Waals surface area contributed by atoms with E-state index in [2.05, 4.69) is 15.5 Å². The number of hydrogen-bond donors (Lipinski definition) is 1. The Labute approximate surface area is 156 Å². The van der Waals surface area contributed by atoms with E-state index in [1.165, 1.54) is 11.8 Å². The largest absolute Gasteiger partial charge is 0.467 e. The SMILES string of the molecule is C[C@H](NC(=O)CSc1nnc(C[C@H]2CCS(=O)(=O)C2)n1C)c1ccco1. The molecule has 2 aromatic heterocycles. The summed E-state index contributed by atoms with van der Waals surface area (Å²) >= 11 is 1.30. The van der Waals surface area contributed by atoms with Crippen LogP contribution in [-0.2, 0) is 28.1 Å². The third-order valence-corrected chi connectivity index (χ3v) is 7.26. The second-order valence-electron chi connectivity index (χ2n) is 6.52. The fourth-order valence-electron chi connectivity index (χ4n) is 2.96. The number of carbonyl (C=O) groups is 1. The lowest BCUT2D eigenvalue weighted by Crippen LogP contribution is -2.28. The van der Waals surface area contributed by atoms with Gasteiger partial charge in [0.25, 0.3) is 0 Å². The first-order valence-electron chi connectivity index (χ1n) is 8.38. The highest BCUT2D eigenvalue weighted by atomic mass is 32.2. The molecule has 3 rings (SSSR count). The topological polar surface area (TPSA) is 107 Å². The molecule has 1 amide bonds. The van der Waals surface area contributed by atoms with Crippen molar-refractivity contribution < 1.29 is 17.6 Å². The summed E-state index contributed by atoms with van der Waals surface area (Å²) in [5.41, 5.74) is 0. The summed E-state index contributed by atoms with van der Waals surface area (Å²) in [4.78, 5) is 12.1. The van der Waals surface area contributed by atoms with Gasteiger partial charge in [0, 0.05) is 13.5 Å². The van der Waals surface area contributed by atoms with Gasteiger partial charge in [-0.2, -0.15) is 0 Å². The van der Waals surface area contributed by atoms with Crippen molar-refractivity contribution in [2.24, 2.45) is 13.0 Å². The number of thioether (sulfide) groups is 1. The molecule has 1 aliphatic rings. The lowest BCUT2D eigenvalue weighted by molar-refractivity contribution is -0.119. The molecule has 1 fully saturated rings. The standard InChI is InChI=1S/C16H22N4O4S2/c1-11(13-4-3-6-24-13)17-15(21)9-25-16-19-18-14(20(16)2)8-12-5-7-26(22,23)10-12/h3-4,6,11-12H,5,7-10H2,1-2H3,(H,17,21)/t11-,12+/m0/s1. The predicted molar refractivity (Wildman–Crippen MR) is 97.5 cm³/mol. The summed E-state index contributed by atoms with van der Waals surface area (Å²) in [5.74, 6) is 2.12. The molecule has 0 unspecified atom stereocenters. The third-order valence-electron chi connectivity index (χ3n) is 4.40. The minimum Gasteiger partial charge on any atom is -0.467 e. The van der Waals surface area contributed by atoms with Gasteiger partial charge in [0.15, 0.2) is 15.0 Å². The lowest BCUT2D eigenvalue weighted by atomic mass is 10.1. The van der Waals surface area contributed by atoms with E-state index in [0.717, 1.165) is 5.82 Å². The van der Waals surface area contributed by atoms with Crippen LogP contribution < -0.4 is 5.32 Å². The van der Waals surface area contributed by atoms with Crippen LogP contribution in [0.5, 0.6) is 0 Å². The van der Waals surface area contributed by atoms with E-state index in [-0.39, 0.29) is 35.1 Å². The lowest BCUT2D eigenvalue weighted by Gasteiger charge is -2.11. The number of rotatable bonds is 7. The number of sulfone groups is 1. The average Bonchev–Trinajstić information content (AvgIpc) is 3.29.